The molecule has 7 nitrogen and oxygen atoms in total. The number of aromatic nitrogens is 2. The molecule has 13 heteroatoms. The fraction of sp³-hybridized carbons (Fsp3) is 0.350. The third-order valence-electron chi connectivity index (χ3n) is 4.49. The van der Waals surface area contributed by atoms with E-state index in [-0.39, 0.29) is 44.5 Å². The molecule has 1 atom stereocenters. The first-order chi connectivity index (χ1) is 15.0. The monoisotopic (exact) mass is 453 g/mol. The molecular formula is C20H20B5N3O4S. The molecule has 1 N–H and O–H groups in total. The van der Waals surface area contributed by atoms with E-state index in [1.807, 2.05) is 20.8 Å². The summed E-state index contributed by atoms with van der Waals surface area (Å²) in [5.74, 6) is -0.484. The van der Waals surface area contributed by atoms with Crippen LogP contribution in [0.5, 0.6) is 11.6 Å². The Kier molecular flexibility index (Phi) is 7.99. The van der Waals surface area contributed by atoms with Crippen LogP contribution in [-0.4, -0.2) is 75.8 Å². The Morgan fingerprint density at radius 1 is 1.06 bits per heavy atom. The quantitative estimate of drug-likeness (QED) is 0.476. The lowest BCUT2D eigenvalue weighted by atomic mass is 9.62. The second-order valence-electron chi connectivity index (χ2n) is 8.58. The number of carbonyl (C=O) groups is 1. The van der Waals surface area contributed by atoms with Crippen LogP contribution in [-0.2, 0) is 15.3 Å². The number of ether oxygens (including phenoxy) is 1. The van der Waals surface area contributed by atoms with E-state index in [0.717, 1.165) is 11.7 Å². The fourth-order valence-electron chi connectivity index (χ4n) is 2.59. The zero-order valence-electron chi connectivity index (χ0n) is 19.1. The Bertz CT molecular complexity index is 1200. The largest absolute Gasteiger partial charge is 0.439 e. The summed E-state index contributed by atoms with van der Waals surface area (Å²) in [6.45, 7) is 7.24. The highest BCUT2D eigenvalue weighted by Gasteiger charge is 2.24. The van der Waals surface area contributed by atoms with Gasteiger partial charge in [0.05, 0.1) is 0 Å². The zero-order chi connectivity index (χ0) is 25.3. The van der Waals surface area contributed by atoms with Gasteiger partial charge in [-0.05, 0) is 6.92 Å². The first kappa shape index (κ1) is 26.8. The predicted octanol–water partition coefficient (Wildman–Crippen LogP) is -2.79. The van der Waals surface area contributed by atoms with Crippen molar-refractivity contribution in [2.75, 3.05) is 6.26 Å². The zero-order valence-corrected chi connectivity index (χ0v) is 19.9. The van der Waals surface area contributed by atoms with Crippen molar-refractivity contribution in [2.24, 2.45) is 0 Å². The number of amides is 1. The van der Waals surface area contributed by atoms with Crippen LogP contribution in [0.2, 0.25) is 0 Å². The number of sulfone groups is 1. The van der Waals surface area contributed by atoms with E-state index >= 15 is 0 Å². The van der Waals surface area contributed by atoms with Crippen molar-refractivity contribution >= 4 is 82.3 Å². The van der Waals surface area contributed by atoms with Gasteiger partial charge in [-0.1, -0.05) is 37.8 Å². The molecule has 2 rings (SSSR count). The van der Waals surface area contributed by atoms with Crippen LogP contribution in [0.1, 0.15) is 43.9 Å². The number of hydrogen-bond acceptors (Lipinski definition) is 6. The van der Waals surface area contributed by atoms with Crippen LogP contribution in [0.3, 0.4) is 0 Å². The molecule has 0 saturated carbocycles. The maximum Gasteiger partial charge on any atom is 0.258 e. The molecule has 0 spiro atoms. The molecule has 0 aliphatic heterocycles. The van der Waals surface area contributed by atoms with E-state index in [9.17, 15) is 13.2 Å². The molecule has 0 unspecified atom stereocenters. The molecule has 0 bridgehead atoms. The molecule has 0 saturated heterocycles. The standard InChI is InChI=1S/C20H20B5N3O4S/c1-9(6-7-33(5,30)31)27-17(29)10-8-26-19(20(2,3)4)28-18(10)32-16-14(24)12(22)11(21)13(23)15(16)25/h6-9H,1-5H3,(H,27,29)/b7-6+/t9-/m0/s1. The molecule has 1 amide bonds. The van der Waals surface area contributed by atoms with Crippen molar-refractivity contribution < 1.29 is 17.9 Å². The third-order valence-corrected chi connectivity index (χ3v) is 5.14. The van der Waals surface area contributed by atoms with Crippen molar-refractivity contribution in [3.63, 3.8) is 0 Å². The predicted molar refractivity (Wildman–Crippen MR) is 135 cm³/mol. The first-order valence-electron chi connectivity index (χ1n) is 9.78. The highest BCUT2D eigenvalue weighted by molar-refractivity contribution is 7.93. The summed E-state index contributed by atoms with van der Waals surface area (Å²) in [4.78, 5) is 21.6. The van der Waals surface area contributed by atoms with Gasteiger partial charge >= 0.3 is 0 Å². The highest BCUT2D eigenvalue weighted by Crippen LogP contribution is 2.25. The minimum atomic E-state index is -3.35. The second kappa shape index (κ2) is 9.83. The lowest BCUT2D eigenvalue weighted by molar-refractivity contribution is 0.0943. The van der Waals surface area contributed by atoms with Gasteiger partial charge in [-0.25, -0.2) is 13.4 Å². The molecule has 1 aromatic heterocycles. The lowest BCUT2D eigenvalue weighted by Gasteiger charge is -2.23. The molecule has 10 radical (unpaired) electrons. The maximum absolute atomic E-state index is 12.9. The lowest BCUT2D eigenvalue weighted by Crippen LogP contribution is -2.54. The van der Waals surface area contributed by atoms with E-state index in [1.54, 1.807) is 6.92 Å². The minimum Gasteiger partial charge on any atom is -0.439 e. The van der Waals surface area contributed by atoms with Crippen molar-refractivity contribution in [1.82, 2.24) is 15.3 Å². The van der Waals surface area contributed by atoms with Crippen LogP contribution < -0.4 is 37.4 Å². The van der Waals surface area contributed by atoms with Crippen LogP contribution in [0.15, 0.2) is 17.7 Å². The number of hydrogen-bond donors (Lipinski definition) is 1. The molecule has 33 heavy (non-hydrogen) atoms. The van der Waals surface area contributed by atoms with Gasteiger partial charge in [-0.3, -0.25) is 4.79 Å². The smallest absolute Gasteiger partial charge is 0.258 e. The molecular weight excluding hydrogens is 432 g/mol. The summed E-state index contributed by atoms with van der Waals surface area (Å²) < 4.78 is 28.5. The van der Waals surface area contributed by atoms with Gasteiger partial charge in [0.25, 0.3) is 5.91 Å². The minimum absolute atomic E-state index is 0.0138. The van der Waals surface area contributed by atoms with Gasteiger partial charge in [0.1, 0.15) is 56.4 Å². The van der Waals surface area contributed by atoms with E-state index < -0.39 is 27.2 Å². The Balaban J connectivity index is 2.55. The molecule has 1 aromatic carbocycles. The van der Waals surface area contributed by atoms with E-state index in [2.05, 4.69) is 15.3 Å². The Hall–Kier alpha value is -2.42. The van der Waals surface area contributed by atoms with Crippen molar-refractivity contribution in [3.05, 3.63) is 29.1 Å². The number of nitrogens with zero attached hydrogens (tertiary/aromatic N) is 2. The average molecular weight is 453 g/mol. The van der Waals surface area contributed by atoms with Crippen LogP contribution in [0.25, 0.3) is 0 Å². The molecule has 0 aliphatic rings. The average Bonchev–Trinajstić information content (AvgIpc) is 2.71. The Morgan fingerprint density at radius 3 is 2.06 bits per heavy atom. The summed E-state index contributed by atoms with van der Waals surface area (Å²) in [6.07, 6.45) is 3.67. The van der Waals surface area contributed by atoms with Crippen LogP contribution >= 0.6 is 0 Å². The number of benzene rings is 1. The molecule has 0 fully saturated rings. The van der Waals surface area contributed by atoms with Gasteiger partial charge in [0.2, 0.25) is 5.88 Å². The molecule has 1 heterocycles. The Morgan fingerprint density at radius 2 is 1.58 bits per heavy atom. The van der Waals surface area contributed by atoms with Crippen molar-refractivity contribution in [3.8, 4) is 11.6 Å². The van der Waals surface area contributed by atoms with Gasteiger partial charge in [-0.15, -0.1) is 16.4 Å². The van der Waals surface area contributed by atoms with Crippen molar-refractivity contribution in [2.45, 2.75) is 39.2 Å². The number of carbonyl (C=O) groups excluding carboxylic acids is 1. The van der Waals surface area contributed by atoms with E-state index in [4.69, 9.17) is 44.0 Å². The van der Waals surface area contributed by atoms with E-state index in [0.29, 0.717) is 5.82 Å². The van der Waals surface area contributed by atoms with Crippen molar-refractivity contribution in [1.29, 1.82) is 0 Å². The SMILES string of the molecule is [B]c1c([B])c([B])c(Oc2nc(C(C)(C)C)ncc2C(=O)N[C@@H](C)/C=C/S(C)(=O)=O)c([B])c1[B]. The van der Waals surface area contributed by atoms with Gasteiger partial charge < -0.3 is 10.1 Å². The molecule has 2 aromatic rings. The maximum atomic E-state index is 12.9. The number of nitrogens with one attached hydrogen (secondary N) is 1. The van der Waals surface area contributed by atoms with Crippen LogP contribution in [0, 0.1) is 0 Å². The second-order valence-corrected chi connectivity index (χ2v) is 10.5. The van der Waals surface area contributed by atoms with Gasteiger partial charge in [0, 0.05) is 29.3 Å². The normalized spacial score (nSPS) is 13.1. The van der Waals surface area contributed by atoms with Crippen LogP contribution in [0.4, 0.5) is 0 Å². The topological polar surface area (TPSA) is 98.2 Å². The van der Waals surface area contributed by atoms with Gasteiger partial charge in [-0.2, -0.15) is 4.98 Å². The first-order valence-corrected chi connectivity index (χ1v) is 11.7. The fourth-order valence-corrected chi connectivity index (χ4v) is 3.11. The Labute approximate surface area is 201 Å². The third kappa shape index (κ3) is 6.56. The summed E-state index contributed by atoms with van der Waals surface area (Å²) in [6, 6.07) is -0.625. The number of rotatable bonds is 6. The summed E-state index contributed by atoms with van der Waals surface area (Å²) in [7, 11) is 26.3. The molecule has 0 aliphatic carbocycles. The van der Waals surface area contributed by atoms with E-state index in [1.165, 1.54) is 12.3 Å². The molecule has 160 valence electrons. The summed E-state index contributed by atoms with van der Waals surface area (Å²) >= 11 is 0. The van der Waals surface area contributed by atoms with Gasteiger partial charge in [0.15, 0.2) is 9.84 Å². The summed E-state index contributed by atoms with van der Waals surface area (Å²) in [5, 5.41) is 3.63. The summed E-state index contributed by atoms with van der Waals surface area (Å²) in [5.41, 5.74) is -0.679. The highest BCUT2D eigenvalue weighted by atomic mass is 32.2.